The van der Waals surface area contributed by atoms with Gasteiger partial charge in [-0.1, -0.05) is 0 Å². The lowest BCUT2D eigenvalue weighted by atomic mass is 10.4. The molecule has 0 aliphatic rings. The third-order valence-electron chi connectivity index (χ3n) is 2.26. The maximum Gasteiger partial charge on any atom is 0.109 e. The van der Waals surface area contributed by atoms with E-state index in [0.717, 1.165) is 30.2 Å². The molecule has 0 fully saturated rings. The lowest BCUT2D eigenvalue weighted by Crippen LogP contribution is -2.17. The van der Waals surface area contributed by atoms with Gasteiger partial charge in [-0.05, 0) is 6.92 Å². The zero-order valence-corrected chi connectivity index (χ0v) is 11.4. The molecule has 2 heterocycles. The van der Waals surface area contributed by atoms with E-state index in [0.29, 0.717) is 0 Å². The van der Waals surface area contributed by atoms with Gasteiger partial charge in [0.15, 0.2) is 0 Å². The van der Waals surface area contributed by atoms with Crippen molar-refractivity contribution >= 4 is 22.7 Å². The molecule has 17 heavy (non-hydrogen) atoms. The van der Waals surface area contributed by atoms with E-state index < -0.39 is 0 Å². The van der Waals surface area contributed by atoms with Gasteiger partial charge >= 0.3 is 0 Å². The first kappa shape index (κ1) is 12.6. The Bertz CT molecular complexity index is 436. The number of nitrogens with two attached hydrogens (primary N) is 1. The zero-order valence-electron chi connectivity index (χ0n) is 9.72. The zero-order chi connectivity index (χ0) is 12.1. The first-order chi connectivity index (χ1) is 8.25. The molecule has 0 radical (unpaired) electrons. The molecule has 0 amide bonds. The summed E-state index contributed by atoms with van der Waals surface area (Å²) in [6.07, 6.45) is 2.82. The Hall–Kier alpha value is -0.820. The molecule has 0 aromatic carbocycles. The van der Waals surface area contributed by atoms with Gasteiger partial charge in [-0.3, -0.25) is 0 Å². The molecule has 92 valence electrons. The fourth-order valence-electron chi connectivity index (χ4n) is 1.40. The van der Waals surface area contributed by atoms with Gasteiger partial charge in [-0.2, -0.15) is 0 Å². The molecule has 0 bridgehead atoms. The van der Waals surface area contributed by atoms with Crippen LogP contribution in [0.5, 0.6) is 0 Å². The standard InChI is InChI=1S/C11H16N4S2/c1-8(12)11-15-9(7-17-11)6-13-3-2-10-14-4-5-16-10/h4-5,7-8,13H,2-3,6,12H2,1H3. The van der Waals surface area contributed by atoms with Crippen LogP contribution in [-0.2, 0) is 13.0 Å². The van der Waals surface area contributed by atoms with Crippen molar-refractivity contribution in [2.45, 2.75) is 25.9 Å². The molecule has 3 N–H and O–H groups in total. The highest BCUT2D eigenvalue weighted by atomic mass is 32.1. The average molecular weight is 268 g/mol. The molecule has 0 spiro atoms. The van der Waals surface area contributed by atoms with Crippen LogP contribution in [0.15, 0.2) is 17.0 Å². The highest BCUT2D eigenvalue weighted by molar-refractivity contribution is 7.09. The van der Waals surface area contributed by atoms with E-state index in [1.165, 1.54) is 5.01 Å². The Kier molecular flexibility index (Phi) is 4.61. The molecule has 2 aromatic rings. The number of aromatic nitrogens is 2. The van der Waals surface area contributed by atoms with Gasteiger partial charge in [0.05, 0.1) is 16.7 Å². The van der Waals surface area contributed by atoms with E-state index in [-0.39, 0.29) is 6.04 Å². The van der Waals surface area contributed by atoms with Gasteiger partial charge in [0.2, 0.25) is 0 Å². The van der Waals surface area contributed by atoms with Gasteiger partial charge in [0.1, 0.15) is 5.01 Å². The van der Waals surface area contributed by atoms with E-state index in [1.54, 1.807) is 22.7 Å². The number of hydrogen-bond acceptors (Lipinski definition) is 6. The summed E-state index contributed by atoms with van der Waals surface area (Å²) in [5.41, 5.74) is 6.84. The number of rotatable bonds is 6. The molecular formula is C11H16N4S2. The smallest absolute Gasteiger partial charge is 0.109 e. The van der Waals surface area contributed by atoms with E-state index in [2.05, 4.69) is 20.7 Å². The number of nitrogens with zero attached hydrogens (tertiary/aromatic N) is 2. The molecule has 2 aromatic heterocycles. The Morgan fingerprint density at radius 2 is 2.35 bits per heavy atom. The van der Waals surface area contributed by atoms with Crippen LogP contribution in [0.25, 0.3) is 0 Å². The summed E-state index contributed by atoms with van der Waals surface area (Å²) in [5.74, 6) is 0. The Morgan fingerprint density at radius 1 is 1.47 bits per heavy atom. The second kappa shape index (κ2) is 6.20. The molecule has 1 unspecified atom stereocenters. The van der Waals surface area contributed by atoms with Crippen LogP contribution in [0.4, 0.5) is 0 Å². The van der Waals surface area contributed by atoms with Gasteiger partial charge < -0.3 is 11.1 Å². The maximum absolute atomic E-state index is 5.77. The minimum absolute atomic E-state index is 0.0315. The third kappa shape index (κ3) is 3.85. The molecule has 1 atom stereocenters. The van der Waals surface area contributed by atoms with Crippen molar-refractivity contribution in [2.24, 2.45) is 5.73 Å². The SMILES string of the molecule is CC(N)c1nc(CNCCc2nccs2)cs1. The number of thiazole rings is 2. The van der Waals surface area contributed by atoms with Gasteiger partial charge in [-0.15, -0.1) is 22.7 Å². The molecule has 4 nitrogen and oxygen atoms in total. The molecule has 0 aliphatic heterocycles. The van der Waals surface area contributed by atoms with Crippen molar-refractivity contribution in [1.82, 2.24) is 15.3 Å². The van der Waals surface area contributed by atoms with E-state index in [9.17, 15) is 0 Å². The fourth-order valence-corrected chi connectivity index (χ4v) is 2.80. The first-order valence-corrected chi connectivity index (χ1v) is 7.30. The molecule has 0 saturated carbocycles. The molecular weight excluding hydrogens is 252 g/mol. The Morgan fingerprint density at radius 3 is 3.00 bits per heavy atom. The van der Waals surface area contributed by atoms with Gasteiger partial charge in [0.25, 0.3) is 0 Å². The second-order valence-electron chi connectivity index (χ2n) is 3.82. The normalized spacial score (nSPS) is 12.8. The summed E-state index contributed by atoms with van der Waals surface area (Å²) in [7, 11) is 0. The van der Waals surface area contributed by atoms with E-state index >= 15 is 0 Å². The largest absolute Gasteiger partial charge is 0.322 e. The van der Waals surface area contributed by atoms with Crippen molar-refractivity contribution in [3.8, 4) is 0 Å². The highest BCUT2D eigenvalue weighted by Gasteiger charge is 2.05. The predicted molar refractivity (Wildman–Crippen MR) is 72.2 cm³/mol. The van der Waals surface area contributed by atoms with Gasteiger partial charge in [-0.25, -0.2) is 9.97 Å². The molecule has 0 aliphatic carbocycles. The highest BCUT2D eigenvalue weighted by Crippen LogP contribution is 2.15. The van der Waals surface area contributed by atoms with E-state index in [1.807, 2.05) is 18.5 Å². The predicted octanol–water partition coefficient (Wildman–Crippen LogP) is 1.95. The summed E-state index contributed by atoms with van der Waals surface area (Å²) in [6, 6.07) is 0.0315. The van der Waals surface area contributed by atoms with Crippen LogP contribution in [-0.4, -0.2) is 16.5 Å². The van der Waals surface area contributed by atoms with Crippen molar-refractivity contribution in [3.05, 3.63) is 32.7 Å². The van der Waals surface area contributed by atoms with Crippen LogP contribution >= 0.6 is 22.7 Å². The monoisotopic (exact) mass is 268 g/mol. The lowest BCUT2D eigenvalue weighted by molar-refractivity contribution is 0.671. The summed E-state index contributed by atoms with van der Waals surface area (Å²) in [6.45, 7) is 3.69. The topological polar surface area (TPSA) is 63.8 Å². The van der Waals surface area contributed by atoms with E-state index in [4.69, 9.17) is 5.73 Å². The minimum atomic E-state index is 0.0315. The van der Waals surface area contributed by atoms with Crippen LogP contribution in [0.1, 0.15) is 28.7 Å². The summed E-state index contributed by atoms with van der Waals surface area (Å²) >= 11 is 3.32. The van der Waals surface area contributed by atoms with Crippen molar-refractivity contribution in [3.63, 3.8) is 0 Å². The summed E-state index contributed by atoms with van der Waals surface area (Å²) < 4.78 is 0. The second-order valence-corrected chi connectivity index (χ2v) is 5.69. The average Bonchev–Trinajstić information content (AvgIpc) is 2.96. The van der Waals surface area contributed by atoms with Crippen LogP contribution < -0.4 is 11.1 Å². The van der Waals surface area contributed by atoms with Crippen LogP contribution in [0.2, 0.25) is 0 Å². The maximum atomic E-state index is 5.77. The molecule has 6 heteroatoms. The molecule has 2 rings (SSSR count). The quantitative estimate of drug-likeness (QED) is 0.786. The summed E-state index contributed by atoms with van der Waals surface area (Å²) in [4.78, 5) is 8.70. The minimum Gasteiger partial charge on any atom is -0.322 e. The van der Waals surface area contributed by atoms with Crippen molar-refractivity contribution < 1.29 is 0 Å². The van der Waals surface area contributed by atoms with Crippen LogP contribution in [0, 0.1) is 0 Å². The van der Waals surface area contributed by atoms with Crippen LogP contribution in [0.3, 0.4) is 0 Å². The fraction of sp³-hybridized carbons (Fsp3) is 0.455. The third-order valence-corrected chi connectivity index (χ3v) is 4.20. The Labute approximate surface area is 109 Å². The Balaban J connectivity index is 1.71. The lowest BCUT2D eigenvalue weighted by Gasteiger charge is -2.01. The summed E-state index contributed by atoms with van der Waals surface area (Å²) in [5, 5.41) is 9.61. The van der Waals surface area contributed by atoms with Gasteiger partial charge in [0, 0.05) is 36.5 Å². The number of hydrogen-bond donors (Lipinski definition) is 2. The van der Waals surface area contributed by atoms with Crippen molar-refractivity contribution in [2.75, 3.05) is 6.54 Å². The first-order valence-electron chi connectivity index (χ1n) is 5.54. The number of nitrogens with one attached hydrogen (secondary N) is 1. The van der Waals surface area contributed by atoms with Crippen molar-refractivity contribution in [1.29, 1.82) is 0 Å². The molecule has 0 saturated heterocycles.